The first-order chi connectivity index (χ1) is 17.2. The lowest BCUT2D eigenvalue weighted by molar-refractivity contribution is -0.141. The molecule has 1 aliphatic rings. The number of benzene rings is 2. The van der Waals surface area contributed by atoms with Crippen LogP contribution >= 0.6 is 0 Å². The van der Waals surface area contributed by atoms with Crippen molar-refractivity contribution in [2.75, 3.05) is 39.5 Å². The number of ether oxygens (including phenoxy) is 3. The van der Waals surface area contributed by atoms with Gasteiger partial charge in [-0.15, -0.1) is 0 Å². The summed E-state index contributed by atoms with van der Waals surface area (Å²) in [6, 6.07) is 11.4. The first kappa shape index (κ1) is 27.7. The van der Waals surface area contributed by atoms with Gasteiger partial charge in [-0.25, -0.2) is 4.39 Å². The number of amides is 1. The molecule has 9 heteroatoms. The molecule has 2 aromatic carbocycles. The van der Waals surface area contributed by atoms with E-state index in [0.717, 1.165) is 5.56 Å². The predicted octanol–water partition coefficient (Wildman–Crippen LogP) is 2.74. The number of aliphatic hydroxyl groups is 3. The molecule has 0 saturated carbocycles. The Labute approximate surface area is 211 Å². The smallest absolute Gasteiger partial charge is 0.253 e. The second kappa shape index (κ2) is 12.4. The Bertz CT molecular complexity index is 1000. The van der Waals surface area contributed by atoms with Gasteiger partial charge in [-0.05, 0) is 55.8 Å². The first-order valence-electron chi connectivity index (χ1n) is 12.2. The summed E-state index contributed by atoms with van der Waals surface area (Å²) < 4.78 is 30.4. The van der Waals surface area contributed by atoms with Crippen LogP contribution in [0.1, 0.15) is 38.7 Å². The van der Waals surface area contributed by atoms with E-state index in [9.17, 15) is 24.5 Å². The summed E-state index contributed by atoms with van der Waals surface area (Å²) in [7, 11) is 0. The van der Waals surface area contributed by atoms with Crippen molar-refractivity contribution in [3.63, 3.8) is 0 Å². The van der Waals surface area contributed by atoms with Crippen LogP contribution in [0.4, 0.5) is 4.39 Å². The summed E-state index contributed by atoms with van der Waals surface area (Å²) >= 11 is 0. The number of carbonyl (C=O) groups excluding carboxylic acids is 1. The molecule has 1 amide bonds. The zero-order valence-corrected chi connectivity index (χ0v) is 21.0. The number of hydrogen-bond acceptors (Lipinski definition) is 7. The summed E-state index contributed by atoms with van der Waals surface area (Å²) in [4.78, 5) is 14.0. The quantitative estimate of drug-likeness (QED) is 0.381. The molecule has 1 aliphatic heterocycles. The molecule has 3 N–H and O–H groups in total. The summed E-state index contributed by atoms with van der Waals surface area (Å²) in [6.45, 7) is 6.56. The lowest BCUT2D eigenvalue weighted by Crippen LogP contribution is -2.42. The largest absolute Gasteiger partial charge is 0.493 e. The minimum atomic E-state index is -1.49. The topological polar surface area (TPSA) is 109 Å². The fourth-order valence-corrected chi connectivity index (χ4v) is 4.47. The number of halogens is 1. The average molecular weight is 506 g/mol. The van der Waals surface area contributed by atoms with Crippen molar-refractivity contribution in [3.8, 4) is 17.2 Å². The van der Waals surface area contributed by atoms with Crippen LogP contribution in [0.2, 0.25) is 0 Å². The summed E-state index contributed by atoms with van der Waals surface area (Å²) in [6.07, 6.45) is -1.63. The van der Waals surface area contributed by atoms with E-state index in [4.69, 9.17) is 14.2 Å². The van der Waals surface area contributed by atoms with Crippen LogP contribution in [0.3, 0.4) is 0 Å². The minimum absolute atomic E-state index is 0.229. The zero-order chi connectivity index (χ0) is 26.3. The maximum Gasteiger partial charge on any atom is 0.253 e. The van der Waals surface area contributed by atoms with Crippen molar-refractivity contribution in [2.45, 2.75) is 45.3 Å². The summed E-state index contributed by atoms with van der Waals surface area (Å²) in [5.41, 5.74) is 0.200. The highest BCUT2D eigenvalue weighted by Crippen LogP contribution is 2.47. The fourth-order valence-electron chi connectivity index (χ4n) is 4.47. The Kier molecular flexibility index (Phi) is 9.53. The lowest BCUT2D eigenvalue weighted by atomic mass is 9.72. The van der Waals surface area contributed by atoms with Crippen LogP contribution < -0.4 is 14.2 Å². The highest BCUT2D eigenvalue weighted by molar-refractivity contribution is 5.81. The molecule has 8 nitrogen and oxygen atoms in total. The minimum Gasteiger partial charge on any atom is -0.493 e. The number of aliphatic hydroxyl groups excluding tert-OH is 3. The van der Waals surface area contributed by atoms with Crippen LogP contribution in [0.5, 0.6) is 17.2 Å². The molecule has 198 valence electrons. The Morgan fingerprint density at radius 3 is 2.44 bits per heavy atom. The standard InChI is InChI=1S/C27H36FNO7/c1-4-34-24-11-6-19(14-25(24)36-13-5-12-35-21-9-7-20(28)8-10-21)22-15-29(26(33)23(32)16-30)17-27(22,3)18(2)31/h6-11,14,18,22-23,30-32H,4-5,12-13,15-17H2,1-3H3/t18-,22+,23-,27+/m1/s1. The third-order valence-corrected chi connectivity index (χ3v) is 6.75. The molecule has 1 saturated heterocycles. The van der Waals surface area contributed by atoms with Gasteiger partial charge >= 0.3 is 0 Å². The first-order valence-corrected chi connectivity index (χ1v) is 12.2. The molecule has 0 unspecified atom stereocenters. The van der Waals surface area contributed by atoms with Crippen molar-refractivity contribution < 1.29 is 38.7 Å². The number of hydrogen-bond donors (Lipinski definition) is 3. The molecule has 0 bridgehead atoms. The van der Waals surface area contributed by atoms with Gasteiger partial charge in [0.2, 0.25) is 0 Å². The number of rotatable bonds is 12. The van der Waals surface area contributed by atoms with Gasteiger partial charge in [0.15, 0.2) is 17.6 Å². The van der Waals surface area contributed by atoms with Gasteiger partial charge in [0.25, 0.3) is 5.91 Å². The number of nitrogens with zero attached hydrogens (tertiary/aromatic N) is 1. The Hall–Kier alpha value is -2.88. The van der Waals surface area contributed by atoms with Gasteiger partial charge in [0, 0.05) is 30.8 Å². The SMILES string of the molecule is CCOc1ccc([C@@H]2CN(C(=O)[C@H](O)CO)C[C@@]2(C)[C@@H](C)O)cc1OCCCOc1ccc(F)cc1. The van der Waals surface area contributed by atoms with E-state index in [1.54, 1.807) is 19.1 Å². The Morgan fingerprint density at radius 2 is 1.81 bits per heavy atom. The van der Waals surface area contributed by atoms with Gasteiger partial charge in [0.1, 0.15) is 11.6 Å². The highest BCUT2D eigenvalue weighted by Gasteiger charge is 2.49. The lowest BCUT2D eigenvalue weighted by Gasteiger charge is -2.34. The zero-order valence-electron chi connectivity index (χ0n) is 21.0. The molecule has 36 heavy (non-hydrogen) atoms. The van der Waals surface area contributed by atoms with Crippen molar-refractivity contribution in [1.82, 2.24) is 4.90 Å². The van der Waals surface area contributed by atoms with Crippen molar-refractivity contribution >= 4 is 5.91 Å². The van der Waals surface area contributed by atoms with E-state index in [1.165, 1.54) is 17.0 Å². The van der Waals surface area contributed by atoms with Crippen LogP contribution in [0, 0.1) is 11.2 Å². The van der Waals surface area contributed by atoms with E-state index < -0.39 is 30.1 Å². The van der Waals surface area contributed by atoms with Gasteiger partial charge in [0.05, 0.1) is 32.5 Å². The predicted molar refractivity (Wildman–Crippen MR) is 132 cm³/mol. The van der Waals surface area contributed by atoms with E-state index in [-0.39, 0.29) is 24.8 Å². The van der Waals surface area contributed by atoms with Crippen molar-refractivity contribution in [2.24, 2.45) is 5.41 Å². The van der Waals surface area contributed by atoms with Crippen molar-refractivity contribution in [1.29, 1.82) is 0 Å². The molecule has 1 heterocycles. The van der Waals surface area contributed by atoms with E-state index >= 15 is 0 Å². The maximum absolute atomic E-state index is 13.0. The summed E-state index contributed by atoms with van der Waals surface area (Å²) in [5.74, 6) is 0.602. The van der Waals surface area contributed by atoms with E-state index in [0.29, 0.717) is 43.5 Å². The highest BCUT2D eigenvalue weighted by atomic mass is 19.1. The molecule has 0 aromatic heterocycles. The Morgan fingerprint density at radius 1 is 1.11 bits per heavy atom. The van der Waals surface area contributed by atoms with Gasteiger partial charge in [-0.3, -0.25) is 4.79 Å². The molecule has 0 spiro atoms. The van der Waals surface area contributed by atoms with Crippen molar-refractivity contribution in [3.05, 3.63) is 53.8 Å². The number of carbonyl (C=O) groups is 1. The van der Waals surface area contributed by atoms with Crippen LogP contribution in [0.15, 0.2) is 42.5 Å². The maximum atomic E-state index is 13.0. The molecule has 4 atom stereocenters. The third kappa shape index (κ3) is 6.46. The molecule has 1 fully saturated rings. The fraction of sp³-hybridized carbons (Fsp3) is 0.519. The average Bonchev–Trinajstić information content (AvgIpc) is 3.23. The van der Waals surface area contributed by atoms with Crippen LogP contribution in [0.25, 0.3) is 0 Å². The van der Waals surface area contributed by atoms with Gasteiger partial charge in [-0.2, -0.15) is 0 Å². The molecular weight excluding hydrogens is 469 g/mol. The number of likely N-dealkylation sites (tertiary alicyclic amines) is 1. The van der Waals surface area contributed by atoms with E-state index in [1.807, 2.05) is 32.0 Å². The molecular formula is C27H36FNO7. The molecule has 2 aromatic rings. The van der Waals surface area contributed by atoms with E-state index in [2.05, 4.69) is 0 Å². The monoisotopic (exact) mass is 505 g/mol. The normalized spacial score (nSPS) is 21.2. The third-order valence-electron chi connectivity index (χ3n) is 6.75. The Balaban J connectivity index is 1.72. The summed E-state index contributed by atoms with van der Waals surface area (Å²) in [5, 5.41) is 29.7. The van der Waals surface area contributed by atoms with Crippen LogP contribution in [-0.2, 0) is 4.79 Å². The van der Waals surface area contributed by atoms with Gasteiger partial charge in [-0.1, -0.05) is 13.0 Å². The second-order valence-corrected chi connectivity index (χ2v) is 9.30. The van der Waals surface area contributed by atoms with Crippen LogP contribution in [-0.4, -0.2) is 77.9 Å². The molecule has 0 aliphatic carbocycles. The second-order valence-electron chi connectivity index (χ2n) is 9.30. The molecule has 0 radical (unpaired) electrons. The van der Waals surface area contributed by atoms with Gasteiger partial charge < -0.3 is 34.4 Å². The molecule has 3 rings (SSSR count).